The Labute approximate surface area is 162 Å². The zero-order valence-electron chi connectivity index (χ0n) is 14.5. The van der Waals surface area contributed by atoms with Gasteiger partial charge in [-0.25, -0.2) is 22.0 Å². The third-order valence-electron chi connectivity index (χ3n) is 3.28. The second-order valence-corrected chi connectivity index (χ2v) is 5.58. The molecule has 2 aromatic carbocycles. The van der Waals surface area contributed by atoms with E-state index in [0.717, 1.165) is 6.21 Å². The molecule has 2 rings (SSSR count). The van der Waals surface area contributed by atoms with E-state index in [0.29, 0.717) is 12.2 Å². The van der Waals surface area contributed by atoms with Gasteiger partial charge >= 0.3 is 0 Å². The summed E-state index contributed by atoms with van der Waals surface area (Å²) in [6.45, 7) is 5.73. The summed E-state index contributed by atoms with van der Waals surface area (Å²) in [7, 11) is 0. The fourth-order valence-electron chi connectivity index (χ4n) is 2.08. The van der Waals surface area contributed by atoms with Crippen molar-refractivity contribution in [3.63, 3.8) is 0 Å². The van der Waals surface area contributed by atoms with E-state index in [4.69, 9.17) is 21.1 Å². The van der Waals surface area contributed by atoms with E-state index < -0.39 is 34.8 Å². The first-order valence-corrected chi connectivity index (χ1v) is 8.20. The summed E-state index contributed by atoms with van der Waals surface area (Å²) in [4.78, 5) is 0. The second kappa shape index (κ2) is 9.41. The van der Waals surface area contributed by atoms with E-state index in [2.05, 4.69) is 11.7 Å². The fourth-order valence-corrected chi connectivity index (χ4v) is 2.36. The Kier molecular flexibility index (Phi) is 7.22. The van der Waals surface area contributed by atoms with Gasteiger partial charge in [-0.1, -0.05) is 24.3 Å². The average Bonchev–Trinajstić information content (AvgIpc) is 2.67. The molecule has 10 heteroatoms. The Hall–Kier alpha value is -2.81. The molecule has 0 atom stereocenters. The van der Waals surface area contributed by atoms with Gasteiger partial charge in [0.15, 0.2) is 34.8 Å². The van der Waals surface area contributed by atoms with Gasteiger partial charge in [-0.3, -0.25) is 5.43 Å². The monoisotopic (exact) mass is 420 g/mol. The number of benzene rings is 2. The quantitative estimate of drug-likeness (QED) is 0.154. The molecule has 1 N–H and O–H groups in total. The lowest BCUT2D eigenvalue weighted by Crippen LogP contribution is -2.06. The lowest BCUT2D eigenvalue weighted by Gasteiger charge is -2.13. The van der Waals surface area contributed by atoms with Crippen molar-refractivity contribution >= 4 is 23.5 Å². The van der Waals surface area contributed by atoms with Crippen LogP contribution < -0.4 is 14.9 Å². The molecule has 0 fully saturated rings. The molecule has 4 nitrogen and oxygen atoms in total. The maximum atomic E-state index is 13.6. The molecule has 0 bridgehead atoms. The van der Waals surface area contributed by atoms with Crippen molar-refractivity contribution < 1.29 is 31.4 Å². The van der Waals surface area contributed by atoms with Gasteiger partial charge in [0.1, 0.15) is 12.3 Å². The molecule has 0 saturated carbocycles. The number of hydrazone groups is 1. The molecule has 0 saturated heterocycles. The zero-order chi connectivity index (χ0) is 20.8. The van der Waals surface area contributed by atoms with Gasteiger partial charge in [0.25, 0.3) is 0 Å². The highest BCUT2D eigenvalue weighted by Gasteiger charge is 2.25. The van der Waals surface area contributed by atoms with E-state index in [9.17, 15) is 22.0 Å². The number of rotatable bonds is 8. The summed E-state index contributed by atoms with van der Waals surface area (Å²) in [6.07, 6.45) is 2.57. The highest BCUT2D eigenvalue weighted by molar-refractivity contribution is 6.32. The van der Waals surface area contributed by atoms with Crippen LogP contribution in [0, 0.1) is 29.1 Å². The van der Waals surface area contributed by atoms with Crippen molar-refractivity contribution in [1.82, 2.24) is 0 Å². The number of hydrogen-bond donors (Lipinski definition) is 1. The van der Waals surface area contributed by atoms with Gasteiger partial charge in [-0.05, 0) is 24.6 Å². The van der Waals surface area contributed by atoms with Crippen LogP contribution >= 0.6 is 11.6 Å². The van der Waals surface area contributed by atoms with E-state index >= 15 is 0 Å². The highest BCUT2D eigenvalue weighted by atomic mass is 35.5. The maximum Gasteiger partial charge on any atom is 0.200 e. The van der Waals surface area contributed by atoms with Crippen molar-refractivity contribution in [1.29, 1.82) is 0 Å². The molecule has 0 aromatic heterocycles. The minimum atomic E-state index is -2.26. The Bertz CT molecular complexity index is 893. The van der Waals surface area contributed by atoms with Crippen LogP contribution in [0.2, 0.25) is 5.02 Å². The van der Waals surface area contributed by atoms with Crippen LogP contribution in [0.1, 0.15) is 12.5 Å². The van der Waals surface area contributed by atoms with Crippen LogP contribution in [0.5, 0.6) is 11.5 Å². The van der Waals surface area contributed by atoms with Gasteiger partial charge in [0.05, 0.1) is 17.8 Å². The molecule has 0 aliphatic rings. The van der Waals surface area contributed by atoms with Gasteiger partial charge in [-0.2, -0.15) is 5.10 Å². The summed E-state index contributed by atoms with van der Waals surface area (Å²) in [5, 5.41) is 3.66. The average molecular weight is 421 g/mol. The number of ether oxygens (including phenoxy) is 2. The topological polar surface area (TPSA) is 42.8 Å². The fraction of sp³-hybridized carbons (Fsp3) is 0.167. The molecule has 2 aromatic rings. The Morgan fingerprint density at radius 1 is 1.04 bits per heavy atom. The van der Waals surface area contributed by atoms with Crippen LogP contribution in [0.3, 0.4) is 0 Å². The molecule has 0 unspecified atom stereocenters. The van der Waals surface area contributed by atoms with Crippen molar-refractivity contribution in [2.75, 3.05) is 18.6 Å². The molecule has 28 heavy (non-hydrogen) atoms. The summed E-state index contributed by atoms with van der Waals surface area (Å²) < 4.78 is 77.4. The predicted molar refractivity (Wildman–Crippen MR) is 95.8 cm³/mol. The van der Waals surface area contributed by atoms with E-state index in [1.807, 2.05) is 0 Å². The molecule has 0 radical (unpaired) electrons. The lowest BCUT2D eigenvalue weighted by atomic mass is 10.2. The molecular formula is C18H14ClF5N2O2. The third-order valence-corrected chi connectivity index (χ3v) is 3.56. The van der Waals surface area contributed by atoms with Gasteiger partial charge in [0, 0.05) is 0 Å². The minimum absolute atomic E-state index is 0.158. The maximum absolute atomic E-state index is 13.6. The summed E-state index contributed by atoms with van der Waals surface area (Å²) in [5.74, 6) is -9.95. The van der Waals surface area contributed by atoms with Crippen LogP contribution in [0.15, 0.2) is 29.9 Å². The number of nitrogens with one attached hydrogen (secondary N) is 1. The summed E-state index contributed by atoms with van der Waals surface area (Å²) >= 11 is 6.13. The smallest absolute Gasteiger partial charge is 0.200 e. The van der Waals surface area contributed by atoms with Gasteiger partial charge in [0.2, 0.25) is 5.82 Å². The Morgan fingerprint density at radius 2 is 1.64 bits per heavy atom. The predicted octanol–water partition coefficient (Wildman–Crippen LogP) is 5.45. The number of nitrogens with zero attached hydrogens (tertiary/aromatic N) is 1. The van der Waals surface area contributed by atoms with Crippen LogP contribution in [-0.4, -0.2) is 19.4 Å². The normalized spacial score (nSPS) is 11.0. The first-order chi connectivity index (χ1) is 13.3. The zero-order valence-corrected chi connectivity index (χ0v) is 15.2. The van der Waals surface area contributed by atoms with Crippen LogP contribution in [-0.2, 0) is 0 Å². The molecular weight excluding hydrogens is 407 g/mol. The summed E-state index contributed by atoms with van der Waals surface area (Å²) in [6, 6.07) is 2.88. The minimum Gasteiger partial charge on any atom is -0.490 e. The van der Waals surface area contributed by atoms with E-state index in [-0.39, 0.29) is 23.1 Å². The second-order valence-electron chi connectivity index (χ2n) is 5.18. The lowest BCUT2D eigenvalue weighted by molar-refractivity contribution is 0.297. The van der Waals surface area contributed by atoms with Crippen molar-refractivity contribution in [2.45, 2.75) is 6.92 Å². The molecule has 0 heterocycles. The first kappa shape index (κ1) is 21.5. The molecule has 0 aliphatic heterocycles. The summed E-state index contributed by atoms with van der Waals surface area (Å²) in [5.41, 5.74) is 0.836. The third kappa shape index (κ3) is 4.53. The van der Waals surface area contributed by atoms with E-state index in [1.54, 1.807) is 12.3 Å². The Morgan fingerprint density at radius 3 is 2.21 bits per heavy atom. The molecule has 0 spiro atoms. The van der Waals surface area contributed by atoms with Crippen LogP contribution in [0.4, 0.5) is 27.6 Å². The molecule has 150 valence electrons. The van der Waals surface area contributed by atoms with Crippen LogP contribution in [0.25, 0.3) is 0 Å². The van der Waals surface area contributed by atoms with E-state index in [1.165, 1.54) is 18.2 Å². The van der Waals surface area contributed by atoms with Crippen molar-refractivity contribution in [2.24, 2.45) is 5.10 Å². The molecule has 0 aliphatic carbocycles. The largest absolute Gasteiger partial charge is 0.490 e. The Balaban J connectivity index is 2.31. The SMILES string of the molecule is C=CCOc1c(Cl)cc(/C=N/Nc2c(F)c(F)c(F)c(F)c2F)cc1OCC. The molecule has 0 amide bonds. The number of halogens is 6. The van der Waals surface area contributed by atoms with Crippen molar-refractivity contribution in [3.8, 4) is 11.5 Å². The van der Waals surface area contributed by atoms with Gasteiger partial charge < -0.3 is 9.47 Å². The standard InChI is InChI=1S/C18H14ClF5N2O2/c1-3-5-28-18-10(19)6-9(7-11(18)27-4-2)8-25-26-17-15(23)13(21)12(20)14(22)16(17)24/h3,6-8,26H,1,4-5H2,2H3/b25-8+. The number of hydrogen-bond acceptors (Lipinski definition) is 4. The highest BCUT2D eigenvalue weighted by Crippen LogP contribution is 2.36. The first-order valence-electron chi connectivity index (χ1n) is 7.82. The van der Waals surface area contributed by atoms with Crippen molar-refractivity contribution in [3.05, 3.63) is 64.5 Å². The van der Waals surface area contributed by atoms with Gasteiger partial charge in [-0.15, -0.1) is 0 Å². The number of anilines is 1.